The number of likely N-dealkylation sites (tertiary alicyclic amines) is 1. The highest BCUT2D eigenvalue weighted by Crippen LogP contribution is 2.45. The van der Waals surface area contributed by atoms with E-state index < -0.39 is 11.7 Å². The molecule has 4 rings (SSSR count). The summed E-state index contributed by atoms with van der Waals surface area (Å²) in [6.07, 6.45) is -3.85. The van der Waals surface area contributed by atoms with Gasteiger partial charge in [0.1, 0.15) is 0 Å². The van der Waals surface area contributed by atoms with Crippen LogP contribution >= 0.6 is 0 Å². The van der Waals surface area contributed by atoms with Gasteiger partial charge >= 0.3 is 6.18 Å². The second kappa shape index (κ2) is 8.71. The second-order valence-corrected chi connectivity index (χ2v) is 9.04. The molecule has 0 spiro atoms. The van der Waals surface area contributed by atoms with Crippen molar-refractivity contribution in [3.63, 3.8) is 0 Å². The van der Waals surface area contributed by atoms with Crippen molar-refractivity contribution in [2.24, 2.45) is 11.3 Å². The lowest BCUT2D eigenvalue weighted by Gasteiger charge is -2.43. The monoisotopic (exact) mass is 457 g/mol. The SMILES string of the molecule is COC[C@@]12CN(C(=O)c3ccccc3C)CC[C@@H]1CN(c1ccc(C#N)c(C(F)(F)F)c1)C2. The summed E-state index contributed by atoms with van der Waals surface area (Å²) in [6.45, 7) is 4.46. The van der Waals surface area contributed by atoms with Gasteiger partial charge in [-0.2, -0.15) is 18.4 Å². The van der Waals surface area contributed by atoms with Gasteiger partial charge in [0, 0.05) is 50.0 Å². The number of methoxy groups -OCH3 is 1. The molecule has 0 aromatic heterocycles. The summed E-state index contributed by atoms with van der Waals surface area (Å²) < 4.78 is 46.0. The molecule has 33 heavy (non-hydrogen) atoms. The molecule has 0 saturated carbocycles. The van der Waals surface area contributed by atoms with Crippen LogP contribution in [0.25, 0.3) is 0 Å². The highest BCUT2D eigenvalue weighted by molar-refractivity contribution is 5.95. The molecule has 174 valence electrons. The normalized spacial score (nSPS) is 22.7. The van der Waals surface area contributed by atoms with Crippen molar-refractivity contribution in [1.82, 2.24) is 4.90 Å². The number of fused-ring (bicyclic) bond motifs is 1. The number of piperidine rings is 1. The van der Waals surface area contributed by atoms with Crippen LogP contribution in [0.5, 0.6) is 0 Å². The van der Waals surface area contributed by atoms with E-state index in [-0.39, 0.29) is 22.8 Å². The van der Waals surface area contributed by atoms with E-state index >= 15 is 0 Å². The quantitative estimate of drug-likeness (QED) is 0.679. The Morgan fingerprint density at radius 1 is 1.24 bits per heavy atom. The molecule has 2 aliphatic rings. The zero-order chi connectivity index (χ0) is 23.8. The van der Waals surface area contributed by atoms with Crippen molar-refractivity contribution in [3.8, 4) is 6.07 Å². The zero-order valence-electron chi connectivity index (χ0n) is 18.7. The first-order valence-electron chi connectivity index (χ1n) is 10.9. The molecule has 1 amide bonds. The van der Waals surface area contributed by atoms with E-state index in [1.807, 2.05) is 41.0 Å². The summed E-state index contributed by atoms with van der Waals surface area (Å²) in [7, 11) is 1.61. The van der Waals surface area contributed by atoms with Crippen LogP contribution in [0.1, 0.15) is 33.5 Å². The molecule has 2 fully saturated rings. The fourth-order valence-electron chi connectivity index (χ4n) is 5.29. The number of hydrogen-bond donors (Lipinski definition) is 0. The zero-order valence-corrected chi connectivity index (χ0v) is 18.7. The number of halogens is 3. The minimum absolute atomic E-state index is 0.0294. The van der Waals surface area contributed by atoms with E-state index in [4.69, 9.17) is 10.00 Å². The Kier molecular flexibility index (Phi) is 6.10. The predicted molar refractivity (Wildman–Crippen MR) is 118 cm³/mol. The van der Waals surface area contributed by atoms with Crippen LogP contribution in [0.2, 0.25) is 0 Å². The molecular formula is C25H26F3N3O2. The maximum Gasteiger partial charge on any atom is 0.417 e. The Morgan fingerprint density at radius 3 is 2.67 bits per heavy atom. The summed E-state index contributed by atoms with van der Waals surface area (Å²) >= 11 is 0. The summed E-state index contributed by atoms with van der Waals surface area (Å²) in [5, 5.41) is 9.09. The fourth-order valence-corrected chi connectivity index (χ4v) is 5.29. The third-order valence-electron chi connectivity index (χ3n) is 6.95. The molecule has 2 atom stereocenters. The number of aryl methyl sites for hydroxylation is 1. The standard InChI is InChI=1S/C25H26F3N3O2/c1-17-5-3-4-6-21(17)23(32)30-10-9-19-13-31(15-24(19,14-30)16-33-2)20-8-7-18(12-29)22(11-20)25(26,27)28/h3-8,11,19H,9-10,13-16H2,1-2H3/t19-,24+/m1/s1. The number of anilines is 1. The average Bonchev–Trinajstić information content (AvgIpc) is 3.16. The van der Waals surface area contributed by atoms with Gasteiger partial charge in [0.25, 0.3) is 5.91 Å². The third-order valence-corrected chi connectivity index (χ3v) is 6.95. The van der Waals surface area contributed by atoms with Crippen LogP contribution in [-0.2, 0) is 10.9 Å². The van der Waals surface area contributed by atoms with E-state index in [0.717, 1.165) is 18.1 Å². The first kappa shape index (κ1) is 23.1. The Morgan fingerprint density at radius 2 is 2.00 bits per heavy atom. The average molecular weight is 457 g/mol. The Hall–Kier alpha value is -3.05. The molecule has 0 unspecified atom stereocenters. The summed E-state index contributed by atoms with van der Waals surface area (Å²) in [5.41, 5.74) is 0.329. The lowest BCUT2D eigenvalue weighted by Crippen LogP contribution is -2.53. The molecule has 2 heterocycles. The molecule has 2 aromatic carbocycles. The van der Waals surface area contributed by atoms with Gasteiger partial charge in [0.15, 0.2) is 0 Å². The Balaban J connectivity index is 1.61. The number of amides is 1. The van der Waals surface area contributed by atoms with Crippen molar-refractivity contribution < 1.29 is 22.7 Å². The smallest absolute Gasteiger partial charge is 0.384 e. The minimum atomic E-state index is -4.60. The number of carbonyl (C=O) groups is 1. The molecule has 2 saturated heterocycles. The maximum atomic E-state index is 13.5. The third kappa shape index (κ3) is 4.30. The van der Waals surface area contributed by atoms with Gasteiger partial charge in [-0.1, -0.05) is 18.2 Å². The van der Waals surface area contributed by atoms with Crippen molar-refractivity contribution in [3.05, 3.63) is 64.7 Å². The van der Waals surface area contributed by atoms with Crippen LogP contribution < -0.4 is 4.90 Å². The van der Waals surface area contributed by atoms with E-state index in [1.165, 1.54) is 6.07 Å². The second-order valence-electron chi connectivity index (χ2n) is 9.04. The maximum absolute atomic E-state index is 13.5. The summed E-state index contributed by atoms with van der Waals surface area (Å²) in [5.74, 6) is 0.154. The lowest BCUT2D eigenvalue weighted by atomic mass is 9.73. The van der Waals surface area contributed by atoms with Gasteiger partial charge in [-0.15, -0.1) is 0 Å². The number of hydrogen-bond acceptors (Lipinski definition) is 4. The molecule has 5 nitrogen and oxygen atoms in total. The van der Waals surface area contributed by atoms with Crippen LogP contribution in [0, 0.1) is 29.6 Å². The largest absolute Gasteiger partial charge is 0.417 e. The number of nitrogens with zero attached hydrogens (tertiary/aromatic N) is 3. The van der Waals surface area contributed by atoms with E-state index in [2.05, 4.69) is 0 Å². The number of carbonyl (C=O) groups excluding carboxylic acids is 1. The van der Waals surface area contributed by atoms with Gasteiger partial charge in [-0.25, -0.2) is 0 Å². The number of alkyl halides is 3. The highest BCUT2D eigenvalue weighted by Gasteiger charge is 2.51. The summed E-state index contributed by atoms with van der Waals surface area (Å²) in [6, 6.07) is 13.0. The van der Waals surface area contributed by atoms with E-state index in [1.54, 1.807) is 19.2 Å². The first-order valence-corrected chi connectivity index (χ1v) is 10.9. The van der Waals surface area contributed by atoms with Gasteiger partial charge < -0.3 is 14.5 Å². The Labute approximate surface area is 191 Å². The van der Waals surface area contributed by atoms with Crippen molar-refractivity contribution in [1.29, 1.82) is 5.26 Å². The van der Waals surface area contributed by atoms with Gasteiger partial charge in [-0.05, 0) is 49.1 Å². The van der Waals surface area contributed by atoms with Crippen LogP contribution in [-0.4, -0.2) is 50.7 Å². The first-order chi connectivity index (χ1) is 15.7. The fraction of sp³-hybridized carbons (Fsp3) is 0.440. The number of benzene rings is 2. The van der Waals surface area contributed by atoms with Crippen LogP contribution in [0.4, 0.5) is 18.9 Å². The molecule has 0 radical (unpaired) electrons. The van der Waals surface area contributed by atoms with Crippen LogP contribution in [0.15, 0.2) is 42.5 Å². The highest BCUT2D eigenvalue weighted by atomic mass is 19.4. The number of ether oxygens (including phenoxy) is 1. The van der Waals surface area contributed by atoms with Crippen LogP contribution in [0.3, 0.4) is 0 Å². The van der Waals surface area contributed by atoms with E-state index in [9.17, 15) is 18.0 Å². The summed E-state index contributed by atoms with van der Waals surface area (Å²) in [4.78, 5) is 17.0. The molecule has 0 bridgehead atoms. The van der Waals surface area contributed by atoms with Gasteiger partial charge in [0.05, 0.1) is 23.8 Å². The molecule has 0 aliphatic carbocycles. The minimum Gasteiger partial charge on any atom is -0.384 e. The van der Waals surface area contributed by atoms with Crippen molar-refractivity contribution >= 4 is 11.6 Å². The van der Waals surface area contributed by atoms with Gasteiger partial charge in [-0.3, -0.25) is 4.79 Å². The molecule has 2 aromatic rings. The number of rotatable bonds is 4. The van der Waals surface area contributed by atoms with Gasteiger partial charge in [0.2, 0.25) is 0 Å². The molecular weight excluding hydrogens is 431 g/mol. The molecule has 8 heteroatoms. The van der Waals surface area contributed by atoms with E-state index in [0.29, 0.717) is 44.0 Å². The van der Waals surface area contributed by atoms with Crippen molar-refractivity contribution in [2.45, 2.75) is 19.5 Å². The number of nitriles is 1. The topological polar surface area (TPSA) is 56.6 Å². The lowest BCUT2D eigenvalue weighted by molar-refractivity contribution is -0.137. The van der Waals surface area contributed by atoms with Crippen molar-refractivity contribution in [2.75, 3.05) is 44.8 Å². The Bertz CT molecular complexity index is 1100. The molecule has 2 aliphatic heterocycles. The molecule has 0 N–H and O–H groups in total. The predicted octanol–water partition coefficient (Wildman–Crippen LogP) is 4.50.